The lowest BCUT2D eigenvalue weighted by atomic mass is 9.81. The van der Waals surface area contributed by atoms with Gasteiger partial charge in [0.05, 0.1) is 22.9 Å². The van der Waals surface area contributed by atoms with Gasteiger partial charge in [-0.15, -0.1) is 0 Å². The Morgan fingerprint density at radius 2 is 2.08 bits per heavy atom. The summed E-state index contributed by atoms with van der Waals surface area (Å²) in [5, 5.41) is 11.9. The average Bonchev–Trinajstić information content (AvgIpc) is 3.47. The second kappa shape index (κ2) is 11.0. The molecule has 3 aromatic rings. The number of ether oxygens (including phenoxy) is 1. The third kappa shape index (κ3) is 4.99. The third-order valence-corrected chi connectivity index (χ3v) is 8.95. The van der Waals surface area contributed by atoms with Crippen molar-refractivity contribution in [1.82, 2.24) is 25.4 Å². The summed E-state index contributed by atoms with van der Waals surface area (Å²) >= 11 is 0. The number of pyridine rings is 1. The zero-order valence-electron chi connectivity index (χ0n) is 23.8. The predicted octanol–water partition coefficient (Wildman–Crippen LogP) is 6.20. The molecule has 1 aliphatic heterocycles. The van der Waals surface area contributed by atoms with Crippen LogP contribution >= 0.6 is 0 Å². The molecule has 0 spiro atoms. The number of aromatic nitrogens is 3. The Bertz CT molecular complexity index is 1470. The summed E-state index contributed by atoms with van der Waals surface area (Å²) in [6, 6.07) is 12.7. The molecule has 208 valence electrons. The minimum Gasteiger partial charge on any atom is -0.490 e. The minimum atomic E-state index is -0.171. The van der Waals surface area contributed by atoms with Gasteiger partial charge in [-0.05, 0) is 86.2 Å². The van der Waals surface area contributed by atoms with Crippen LogP contribution in [0.4, 0.5) is 0 Å². The van der Waals surface area contributed by atoms with Gasteiger partial charge in [0.1, 0.15) is 11.9 Å². The van der Waals surface area contributed by atoms with Crippen LogP contribution in [0, 0.1) is 11.8 Å². The number of fused-ring (bicyclic) bond motifs is 2. The Labute approximate surface area is 236 Å². The van der Waals surface area contributed by atoms with Crippen molar-refractivity contribution in [2.24, 2.45) is 11.8 Å². The van der Waals surface area contributed by atoms with Gasteiger partial charge in [-0.2, -0.15) is 5.10 Å². The average molecular weight is 538 g/mol. The highest BCUT2D eigenvalue weighted by Gasteiger charge is 2.51. The van der Waals surface area contributed by atoms with Crippen LogP contribution < -0.4 is 5.32 Å². The van der Waals surface area contributed by atoms with Gasteiger partial charge in [-0.1, -0.05) is 39.0 Å². The van der Waals surface area contributed by atoms with E-state index in [2.05, 4.69) is 77.5 Å². The molecule has 7 nitrogen and oxygen atoms in total. The fourth-order valence-electron chi connectivity index (χ4n) is 6.84. The number of allylic oxidation sites excluding steroid dienone is 5. The Hall–Kier alpha value is -3.71. The monoisotopic (exact) mass is 537 g/mol. The molecule has 1 saturated carbocycles. The van der Waals surface area contributed by atoms with Gasteiger partial charge >= 0.3 is 0 Å². The molecule has 3 aliphatic rings. The Morgan fingerprint density at radius 1 is 1.20 bits per heavy atom. The van der Waals surface area contributed by atoms with Gasteiger partial charge in [0, 0.05) is 35.7 Å². The number of likely N-dealkylation sites (tertiary alicyclic amines) is 1. The van der Waals surface area contributed by atoms with Gasteiger partial charge in [0.15, 0.2) is 0 Å². The highest BCUT2D eigenvalue weighted by Crippen LogP contribution is 2.46. The van der Waals surface area contributed by atoms with Gasteiger partial charge < -0.3 is 10.1 Å². The number of hydrogen-bond acceptors (Lipinski definition) is 5. The summed E-state index contributed by atoms with van der Waals surface area (Å²) in [5.41, 5.74) is 4.32. The van der Waals surface area contributed by atoms with Crippen LogP contribution in [0.2, 0.25) is 0 Å². The molecule has 2 fully saturated rings. The molecule has 5 atom stereocenters. The van der Waals surface area contributed by atoms with Crippen LogP contribution in [0.5, 0.6) is 0 Å². The van der Waals surface area contributed by atoms with Crippen LogP contribution in [0.15, 0.2) is 72.7 Å². The van der Waals surface area contributed by atoms with Crippen LogP contribution in [0.1, 0.15) is 74.2 Å². The number of carbonyl (C=O) groups excluding carboxylic acids is 1. The zero-order valence-corrected chi connectivity index (χ0v) is 23.8. The van der Waals surface area contributed by atoms with Crippen LogP contribution in [0.3, 0.4) is 0 Å². The van der Waals surface area contributed by atoms with Crippen molar-refractivity contribution >= 4 is 22.4 Å². The maximum absolute atomic E-state index is 13.3. The summed E-state index contributed by atoms with van der Waals surface area (Å²) < 4.78 is 6.47. The summed E-state index contributed by atoms with van der Waals surface area (Å²) in [6.45, 7) is 6.46. The zero-order chi connectivity index (χ0) is 27.8. The van der Waals surface area contributed by atoms with Gasteiger partial charge in [-0.3, -0.25) is 19.8 Å². The molecule has 2 N–H and O–H groups in total. The molecule has 1 saturated heterocycles. The summed E-state index contributed by atoms with van der Waals surface area (Å²) in [7, 11) is 2.25. The van der Waals surface area contributed by atoms with E-state index < -0.39 is 0 Å². The van der Waals surface area contributed by atoms with Gasteiger partial charge in [0.2, 0.25) is 0 Å². The molecule has 6 rings (SSSR count). The van der Waals surface area contributed by atoms with Crippen molar-refractivity contribution in [3.63, 3.8) is 0 Å². The lowest BCUT2D eigenvalue weighted by molar-refractivity contribution is -0.0150. The first-order valence-electron chi connectivity index (χ1n) is 14.6. The van der Waals surface area contributed by atoms with E-state index >= 15 is 0 Å². The Morgan fingerprint density at radius 3 is 2.85 bits per heavy atom. The number of nitrogens with zero attached hydrogens (tertiary/aromatic N) is 3. The SMILES string of the molecule is CCC1C2CC(OC3=CC=C(c4n[nH]c5ccc(C(=O)NC(c6ccccn6)C(C)C)cc45)CC=C3)CC2N1C. The van der Waals surface area contributed by atoms with E-state index in [1.165, 1.54) is 6.42 Å². The van der Waals surface area contributed by atoms with Crippen molar-refractivity contribution in [2.75, 3.05) is 7.05 Å². The van der Waals surface area contributed by atoms with E-state index in [9.17, 15) is 4.79 Å². The van der Waals surface area contributed by atoms with Gasteiger partial charge in [-0.25, -0.2) is 0 Å². The number of hydrogen-bond donors (Lipinski definition) is 2. The number of benzene rings is 1. The van der Waals surface area contributed by atoms with Crippen molar-refractivity contribution < 1.29 is 9.53 Å². The van der Waals surface area contributed by atoms with E-state index in [-0.39, 0.29) is 24.0 Å². The topological polar surface area (TPSA) is 83.1 Å². The first-order valence-corrected chi connectivity index (χ1v) is 14.6. The van der Waals surface area contributed by atoms with Crippen molar-refractivity contribution in [3.8, 4) is 0 Å². The third-order valence-electron chi connectivity index (χ3n) is 8.95. The van der Waals surface area contributed by atoms with E-state index in [0.29, 0.717) is 17.6 Å². The highest BCUT2D eigenvalue weighted by atomic mass is 16.5. The van der Waals surface area contributed by atoms with Crippen molar-refractivity contribution in [1.29, 1.82) is 0 Å². The lowest BCUT2D eigenvalue weighted by Gasteiger charge is -2.50. The van der Waals surface area contributed by atoms with Crippen LogP contribution in [0.25, 0.3) is 16.5 Å². The number of amides is 1. The van der Waals surface area contributed by atoms with Crippen molar-refractivity contribution in [2.45, 2.75) is 70.7 Å². The molecule has 0 radical (unpaired) electrons. The number of rotatable bonds is 8. The maximum Gasteiger partial charge on any atom is 0.251 e. The van der Waals surface area contributed by atoms with Crippen molar-refractivity contribution in [3.05, 3.63) is 89.6 Å². The van der Waals surface area contributed by atoms with E-state index in [0.717, 1.165) is 58.8 Å². The molecule has 7 heteroatoms. The molecule has 2 aliphatic carbocycles. The smallest absolute Gasteiger partial charge is 0.251 e. The number of aromatic amines is 1. The Kier molecular flexibility index (Phi) is 7.32. The molecule has 0 bridgehead atoms. The molecule has 5 unspecified atom stereocenters. The largest absolute Gasteiger partial charge is 0.490 e. The minimum absolute atomic E-state index is 0.120. The number of H-pyrrole nitrogens is 1. The second-order valence-electron chi connectivity index (χ2n) is 11.7. The van der Waals surface area contributed by atoms with Crippen LogP contribution in [-0.2, 0) is 4.74 Å². The number of carbonyl (C=O) groups is 1. The molecule has 40 heavy (non-hydrogen) atoms. The normalized spacial score (nSPS) is 25.1. The fourth-order valence-corrected chi connectivity index (χ4v) is 6.84. The first-order chi connectivity index (χ1) is 19.4. The summed E-state index contributed by atoms with van der Waals surface area (Å²) in [6.07, 6.45) is 14.6. The summed E-state index contributed by atoms with van der Waals surface area (Å²) in [4.78, 5) is 20.3. The fraction of sp³-hybridized carbons (Fsp3) is 0.424. The highest BCUT2D eigenvalue weighted by molar-refractivity contribution is 6.00. The standard InChI is InChI=1S/C33H39N5O2/c1-5-29-26-18-24(19-30(26)38(29)4)40-23-10-8-9-21(12-14-23)32-25-17-22(13-15-27(25)36-37-32)33(39)35-31(20(2)3)28-11-6-7-16-34-28/h6-8,10-17,20,24,26,29-31H,5,9,18-19H2,1-4H3,(H,35,39)(H,36,37). The second-order valence-corrected chi connectivity index (χ2v) is 11.7. The Balaban J connectivity index is 1.19. The molecular formula is C33H39N5O2. The quantitative estimate of drug-likeness (QED) is 0.358. The molecular weight excluding hydrogens is 498 g/mol. The van der Waals surface area contributed by atoms with E-state index in [1.807, 2.05) is 36.4 Å². The maximum atomic E-state index is 13.3. The number of nitrogens with one attached hydrogen (secondary N) is 2. The predicted molar refractivity (Wildman–Crippen MR) is 158 cm³/mol. The van der Waals surface area contributed by atoms with Gasteiger partial charge in [0.25, 0.3) is 5.91 Å². The molecule has 2 aromatic heterocycles. The first kappa shape index (κ1) is 26.5. The lowest BCUT2D eigenvalue weighted by Crippen LogP contribution is -2.58. The van der Waals surface area contributed by atoms with E-state index in [1.54, 1.807) is 6.20 Å². The molecule has 3 heterocycles. The van der Waals surface area contributed by atoms with E-state index in [4.69, 9.17) is 4.74 Å². The molecule has 1 aromatic carbocycles. The van der Waals surface area contributed by atoms with Crippen LogP contribution in [-0.4, -0.2) is 51.2 Å². The molecule has 1 amide bonds. The summed E-state index contributed by atoms with van der Waals surface area (Å²) in [5.74, 6) is 1.76.